The lowest BCUT2D eigenvalue weighted by atomic mass is 9.46. The van der Waals surface area contributed by atoms with Crippen molar-refractivity contribution in [2.75, 3.05) is 0 Å². The van der Waals surface area contributed by atoms with Crippen molar-refractivity contribution in [3.63, 3.8) is 0 Å². The highest BCUT2D eigenvalue weighted by Crippen LogP contribution is 2.64. The van der Waals surface area contributed by atoms with Gasteiger partial charge in [-0.15, -0.1) is 0 Å². The molecule has 3 heteroatoms. The average molecular weight is 314 g/mol. The van der Waals surface area contributed by atoms with Crippen LogP contribution in [0.3, 0.4) is 0 Å². The van der Waals surface area contributed by atoms with Gasteiger partial charge in [0.2, 0.25) is 0 Å². The summed E-state index contributed by atoms with van der Waals surface area (Å²) in [5.41, 5.74) is 1.95. The van der Waals surface area contributed by atoms with E-state index in [0.29, 0.717) is 29.1 Å². The van der Waals surface area contributed by atoms with Crippen LogP contribution < -0.4 is 0 Å². The molecule has 1 unspecified atom stereocenters. The van der Waals surface area contributed by atoms with Gasteiger partial charge in [-0.2, -0.15) is 0 Å². The molecule has 5 atom stereocenters. The molecule has 0 heterocycles. The number of hydrogen-bond donors (Lipinski definition) is 1. The first kappa shape index (κ1) is 15.2. The molecule has 0 aromatic heterocycles. The zero-order valence-electron chi connectivity index (χ0n) is 14.1. The zero-order chi connectivity index (χ0) is 16.4. The molecule has 3 nitrogen and oxygen atoms in total. The Morgan fingerprint density at radius 2 is 1.96 bits per heavy atom. The van der Waals surface area contributed by atoms with Crippen LogP contribution in [0.2, 0.25) is 0 Å². The van der Waals surface area contributed by atoms with Crippen LogP contribution in [0.5, 0.6) is 0 Å². The van der Waals surface area contributed by atoms with Crippen LogP contribution in [0.4, 0.5) is 0 Å². The maximum atomic E-state index is 11.9. The molecule has 3 saturated carbocycles. The molecule has 4 rings (SSSR count). The summed E-state index contributed by atoms with van der Waals surface area (Å²) in [6.45, 7) is 4.53. The normalized spacial score (nSPS) is 45.5. The fraction of sp³-hybridized carbons (Fsp3) is 0.700. The van der Waals surface area contributed by atoms with E-state index in [1.54, 1.807) is 0 Å². The van der Waals surface area contributed by atoms with E-state index >= 15 is 0 Å². The van der Waals surface area contributed by atoms with Gasteiger partial charge in [0.25, 0.3) is 0 Å². The maximum Gasteiger partial charge on any atom is 0.332 e. The molecule has 0 aromatic carbocycles. The fourth-order valence-electron chi connectivity index (χ4n) is 6.35. The molecule has 0 aromatic rings. The molecule has 4 aliphatic rings. The number of Topliss-reactive ketones (excluding diaryl/α,β-unsaturated/α-hetero) is 1. The van der Waals surface area contributed by atoms with Gasteiger partial charge in [0.15, 0.2) is 0 Å². The SMILES string of the molecule is C[C@]12CC[C@H]3[C@@H](CCC4CC(=O)CC[C@@]43C)C1=CC=C2C(=O)O. The third-order valence-electron chi connectivity index (χ3n) is 7.75. The van der Waals surface area contributed by atoms with Crippen molar-refractivity contribution in [2.45, 2.75) is 58.8 Å². The highest BCUT2D eigenvalue weighted by Gasteiger charge is 2.57. The van der Waals surface area contributed by atoms with Crippen molar-refractivity contribution < 1.29 is 14.7 Å². The average Bonchev–Trinajstić information content (AvgIpc) is 2.85. The monoisotopic (exact) mass is 314 g/mol. The molecular formula is C20H26O3. The molecule has 0 saturated heterocycles. The number of fused-ring (bicyclic) bond motifs is 5. The first-order valence-corrected chi connectivity index (χ1v) is 9.04. The maximum absolute atomic E-state index is 11.9. The lowest BCUT2D eigenvalue weighted by Crippen LogP contribution is -2.51. The van der Waals surface area contributed by atoms with E-state index in [9.17, 15) is 14.7 Å². The summed E-state index contributed by atoms with van der Waals surface area (Å²) in [5, 5.41) is 9.54. The number of allylic oxidation sites excluding steroid dienone is 3. The van der Waals surface area contributed by atoms with Crippen molar-refractivity contribution in [3.05, 3.63) is 23.3 Å². The Morgan fingerprint density at radius 3 is 2.70 bits per heavy atom. The second-order valence-corrected chi connectivity index (χ2v) is 8.61. The Morgan fingerprint density at radius 1 is 1.17 bits per heavy atom. The highest BCUT2D eigenvalue weighted by molar-refractivity contribution is 5.91. The van der Waals surface area contributed by atoms with Gasteiger partial charge < -0.3 is 5.11 Å². The highest BCUT2D eigenvalue weighted by atomic mass is 16.4. The Balaban J connectivity index is 1.66. The van der Waals surface area contributed by atoms with Gasteiger partial charge >= 0.3 is 5.97 Å². The first-order chi connectivity index (χ1) is 10.9. The number of aliphatic carboxylic acids is 1. The summed E-state index contributed by atoms with van der Waals surface area (Å²) >= 11 is 0. The number of ketones is 1. The second-order valence-electron chi connectivity index (χ2n) is 8.61. The van der Waals surface area contributed by atoms with Gasteiger partial charge in [-0.3, -0.25) is 4.79 Å². The third kappa shape index (κ3) is 1.95. The quantitative estimate of drug-likeness (QED) is 0.791. The van der Waals surface area contributed by atoms with Crippen LogP contribution in [0.1, 0.15) is 58.8 Å². The molecule has 0 bridgehead atoms. The van der Waals surface area contributed by atoms with Crippen LogP contribution >= 0.6 is 0 Å². The van der Waals surface area contributed by atoms with Crippen LogP contribution in [0.25, 0.3) is 0 Å². The molecule has 0 aliphatic heterocycles. The minimum absolute atomic E-state index is 0.263. The second kappa shape index (κ2) is 4.81. The summed E-state index contributed by atoms with van der Waals surface area (Å²) in [6.07, 6.45) is 10.8. The van der Waals surface area contributed by atoms with Crippen molar-refractivity contribution in [2.24, 2.45) is 28.6 Å². The standard InChI is InChI=1S/C20H26O3/c1-19-9-7-13(21)11-12(19)3-4-14-15-5-6-17(18(22)23)20(15,2)10-8-16(14)19/h5-6,12,14,16H,3-4,7-11H2,1-2H3,(H,22,23)/t12?,14-,16-,19-,20-/m0/s1. The molecule has 0 amide bonds. The predicted molar refractivity (Wildman–Crippen MR) is 87.8 cm³/mol. The summed E-state index contributed by atoms with van der Waals surface area (Å²) < 4.78 is 0. The number of carbonyl (C=O) groups excluding carboxylic acids is 1. The lowest BCUT2D eigenvalue weighted by molar-refractivity contribution is -0.135. The minimum atomic E-state index is -0.764. The molecule has 1 N–H and O–H groups in total. The van der Waals surface area contributed by atoms with Gasteiger partial charge in [-0.25, -0.2) is 4.79 Å². The lowest BCUT2D eigenvalue weighted by Gasteiger charge is -2.58. The van der Waals surface area contributed by atoms with Crippen molar-refractivity contribution >= 4 is 11.8 Å². The van der Waals surface area contributed by atoms with E-state index in [2.05, 4.69) is 19.9 Å². The van der Waals surface area contributed by atoms with E-state index in [1.807, 2.05) is 6.08 Å². The van der Waals surface area contributed by atoms with Crippen LogP contribution in [0.15, 0.2) is 23.3 Å². The Labute approximate surface area is 137 Å². The van der Waals surface area contributed by atoms with Crippen LogP contribution in [0, 0.1) is 28.6 Å². The summed E-state index contributed by atoms with van der Waals surface area (Å²) in [4.78, 5) is 23.5. The number of carboxylic acid groups (broad SMARTS) is 1. The molecule has 3 fully saturated rings. The Bertz CT molecular complexity index is 643. The predicted octanol–water partition coefficient (Wildman–Crippen LogP) is 4.14. The molecule has 0 spiro atoms. The summed E-state index contributed by atoms with van der Waals surface area (Å²) in [6, 6.07) is 0. The van der Waals surface area contributed by atoms with E-state index in [4.69, 9.17) is 0 Å². The van der Waals surface area contributed by atoms with Gasteiger partial charge in [0.05, 0.1) is 0 Å². The van der Waals surface area contributed by atoms with Gasteiger partial charge in [0.1, 0.15) is 5.78 Å². The molecule has 4 aliphatic carbocycles. The number of carboxylic acids is 1. The third-order valence-corrected chi connectivity index (χ3v) is 7.75. The minimum Gasteiger partial charge on any atom is -0.478 e. The Kier molecular flexibility index (Phi) is 3.17. The van der Waals surface area contributed by atoms with Crippen LogP contribution in [-0.4, -0.2) is 16.9 Å². The summed E-state index contributed by atoms with van der Waals surface area (Å²) in [7, 11) is 0. The van der Waals surface area contributed by atoms with E-state index in [1.165, 1.54) is 5.57 Å². The van der Waals surface area contributed by atoms with Crippen molar-refractivity contribution in [1.29, 1.82) is 0 Å². The summed E-state index contributed by atoms with van der Waals surface area (Å²) in [5.74, 6) is 1.36. The number of hydrogen-bond acceptors (Lipinski definition) is 2. The van der Waals surface area contributed by atoms with Crippen molar-refractivity contribution in [3.8, 4) is 0 Å². The topological polar surface area (TPSA) is 54.4 Å². The van der Waals surface area contributed by atoms with E-state index < -0.39 is 5.97 Å². The van der Waals surface area contributed by atoms with Crippen molar-refractivity contribution in [1.82, 2.24) is 0 Å². The van der Waals surface area contributed by atoms with Crippen LogP contribution in [-0.2, 0) is 9.59 Å². The smallest absolute Gasteiger partial charge is 0.332 e. The molecule has 0 radical (unpaired) electrons. The van der Waals surface area contributed by atoms with Gasteiger partial charge in [0, 0.05) is 23.8 Å². The molecule has 23 heavy (non-hydrogen) atoms. The first-order valence-electron chi connectivity index (χ1n) is 9.04. The largest absolute Gasteiger partial charge is 0.478 e. The van der Waals surface area contributed by atoms with E-state index in [-0.39, 0.29) is 10.8 Å². The molecular weight excluding hydrogens is 288 g/mol. The fourth-order valence-corrected chi connectivity index (χ4v) is 6.35. The van der Waals surface area contributed by atoms with Gasteiger partial charge in [-0.05, 0) is 55.3 Å². The van der Waals surface area contributed by atoms with Gasteiger partial charge in [-0.1, -0.05) is 31.6 Å². The van der Waals surface area contributed by atoms with E-state index in [0.717, 1.165) is 44.9 Å². The Hall–Kier alpha value is -1.38. The molecule has 124 valence electrons. The number of rotatable bonds is 1. The zero-order valence-corrected chi connectivity index (χ0v) is 14.1. The number of carbonyl (C=O) groups is 2.